The van der Waals surface area contributed by atoms with E-state index in [1.54, 1.807) is 10.9 Å². The number of aryl methyl sites for hydroxylation is 1. The summed E-state index contributed by atoms with van der Waals surface area (Å²) in [6, 6.07) is 5.81. The molecule has 5 heteroatoms. The van der Waals surface area contributed by atoms with Crippen LogP contribution in [0.5, 0.6) is 11.5 Å². The van der Waals surface area contributed by atoms with Gasteiger partial charge < -0.3 is 9.47 Å². The maximum atomic E-state index is 12.7. The van der Waals surface area contributed by atoms with Crippen molar-refractivity contribution < 1.29 is 14.3 Å². The van der Waals surface area contributed by atoms with Gasteiger partial charge in [0.15, 0.2) is 17.3 Å². The molecule has 2 aliphatic rings. The number of hydrogen-bond donors (Lipinski definition) is 0. The highest BCUT2D eigenvalue weighted by atomic mass is 16.5. The summed E-state index contributed by atoms with van der Waals surface area (Å²) in [6.07, 6.45) is 6.01. The molecule has 2 aromatic rings. The highest BCUT2D eigenvalue weighted by Gasteiger charge is 2.25. The third kappa shape index (κ3) is 2.42. The molecule has 2 heterocycles. The minimum Gasteiger partial charge on any atom is -0.490 e. The molecule has 118 valence electrons. The van der Waals surface area contributed by atoms with E-state index in [9.17, 15) is 4.79 Å². The first kappa shape index (κ1) is 14.1. The molecule has 0 spiro atoms. The van der Waals surface area contributed by atoms with E-state index in [1.165, 1.54) is 0 Å². The molecule has 0 saturated heterocycles. The number of hydrogen-bond acceptors (Lipinski definition) is 4. The van der Waals surface area contributed by atoms with E-state index in [4.69, 9.17) is 9.47 Å². The number of para-hydroxylation sites is 1. The molecule has 1 aliphatic heterocycles. The maximum Gasteiger partial charge on any atom is 0.192 e. The van der Waals surface area contributed by atoms with Gasteiger partial charge in [-0.2, -0.15) is 5.10 Å². The Labute approximate surface area is 134 Å². The molecule has 23 heavy (non-hydrogen) atoms. The molecule has 4 rings (SSSR count). The lowest BCUT2D eigenvalue weighted by Crippen LogP contribution is -2.15. The topological polar surface area (TPSA) is 53.4 Å². The lowest BCUT2D eigenvalue weighted by Gasteiger charge is -2.16. The molecule has 1 aliphatic carbocycles. The number of carbonyl (C=O) groups is 1. The summed E-state index contributed by atoms with van der Waals surface area (Å²) in [6.45, 7) is 1.29. The molecule has 0 amide bonds. The number of aromatic nitrogens is 2. The molecule has 0 atom stereocenters. The molecule has 1 aromatic carbocycles. The van der Waals surface area contributed by atoms with E-state index in [0.29, 0.717) is 18.8 Å². The first-order valence-electron chi connectivity index (χ1n) is 7.89. The van der Waals surface area contributed by atoms with Gasteiger partial charge in [-0.25, -0.2) is 0 Å². The third-order valence-corrected chi connectivity index (χ3v) is 4.36. The first-order valence-corrected chi connectivity index (χ1v) is 7.89. The second-order valence-electron chi connectivity index (χ2n) is 5.85. The summed E-state index contributed by atoms with van der Waals surface area (Å²) in [5.74, 6) is 1.55. The molecule has 0 radical (unpaired) electrons. The molecule has 0 bridgehead atoms. The number of allylic oxidation sites excluding steroid dienone is 1. The number of benzene rings is 1. The zero-order chi connectivity index (χ0) is 15.8. The molecule has 0 unspecified atom stereocenters. The number of ketones is 1. The van der Waals surface area contributed by atoms with Gasteiger partial charge in [-0.1, -0.05) is 12.1 Å². The molecule has 0 fully saturated rings. The summed E-state index contributed by atoms with van der Waals surface area (Å²) >= 11 is 0. The molecule has 0 saturated carbocycles. The second kappa shape index (κ2) is 5.57. The third-order valence-electron chi connectivity index (χ3n) is 4.36. The number of nitrogens with zero attached hydrogens (tertiary/aromatic N) is 2. The van der Waals surface area contributed by atoms with Gasteiger partial charge in [0, 0.05) is 30.3 Å². The fraction of sp³-hybridized carbons (Fsp3) is 0.333. The van der Waals surface area contributed by atoms with Gasteiger partial charge in [0.25, 0.3) is 0 Å². The van der Waals surface area contributed by atoms with Gasteiger partial charge in [0.1, 0.15) is 0 Å². The van der Waals surface area contributed by atoms with Crippen LogP contribution >= 0.6 is 0 Å². The number of rotatable bonds is 1. The van der Waals surface area contributed by atoms with E-state index < -0.39 is 0 Å². The second-order valence-corrected chi connectivity index (χ2v) is 5.85. The number of fused-ring (bicyclic) bond motifs is 2. The predicted molar refractivity (Wildman–Crippen MR) is 85.9 cm³/mol. The van der Waals surface area contributed by atoms with Crippen LogP contribution in [0.15, 0.2) is 30.0 Å². The Hall–Kier alpha value is -2.56. The van der Waals surface area contributed by atoms with Crippen LogP contribution in [0.25, 0.3) is 6.08 Å². The summed E-state index contributed by atoms with van der Waals surface area (Å²) in [5, 5.41) is 4.20. The number of carbonyl (C=O) groups excluding carboxylic acids is 1. The maximum absolute atomic E-state index is 12.7. The summed E-state index contributed by atoms with van der Waals surface area (Å²) in [7, 11) is 1.88. The fourth-order valence-corrected chi connectivity index (χ4v) is 3.14. The van der Waals surface area contributed by atoms with Crippen molar-refractivity contribution in [2.24, 2.45) is 7.05 Å². The van der Waals surface area contributed by atoms with Crippen molar-refractivity contribution in [3.8, 4) is 11.5 Å². The average molecular weight is 310 g/mol. The van der Waals surface area contributed by atoms with Crippen LogP contribution in [0, 0.1) is 0 Å². The van der Waals surface area contributed by atoms with Crippen molar-refractivity contribution >= 4 is 11.9 Å². The Bertz CT molecular complexity index is 805. The Morgan fingerprint density at radius 1 is 1.22 bits per heavy atom. The van der Waals surface area contributed by atoms with Crippen molar-refractivity contribution in [2.45, 2.75) is 19.3 Å². The normalized spacial score (nSPS) is 18.7. The minimum atomic E-state index is 0.0616. The van der Waals surface area contributed by atoms with Gasteiger partial charge in [-0.3, -0.25) is 9.48 Å². The van der Waals surface area contributed by atoms with Crippen LogP contribution in [0.2, 0.25) is 0 Å². The molecule has 5 nitrogen and oxygen atoms in total. The average Bonchev–Trinajstić information content (AvgIpc) is 2.79. The lowest BCUT2D eigenvalue weighted by molar-refractivity contribution is 0.102. The number of Topliss-reactive ketones (excluding diaryl/α,β-unsaturated/α-hetero) is 1. The highest BCUT2D eigenvalue weighted by Crippen LogP contribution is 2.36. The standard InChI is InChI=1S/C18H18N2O3/c1-20-15-7-6-12(17(21)14(15)11-19-20)10-13-4-2-5-16-18(13)23-9-3-8-22-16/h2,4-5,10-11H,3,6-9H2,1H3. The molecular formula is C18H18N2O3. The predicted octanol–water partition coefficient (Wildman–Crippen LogP) is 2.79. The lowest BCUT2D eigenvalue weighted by atomic mass is 9.90. The van der Waals surface area contributed by atoms with Crippen molar-refractivity contribution in [1.82, 2.24) is 9.78 Å². The van der Waals surface area contributed by atoms with Gasteiger partial charge in [-0.05, 0) is 25.0 Å². The Kier molecular flexibility index (Phi) is 3.41. The largest absolute Gasteiger partial charge is 0.490 e. The van der Waals surface area contributed by atoms with Crippen LogP contribution < -0.4 is 9.47 Å². The Morgan fingerprint density at radius 3 is 3.00 bits per heavy atom. The van der Waals surface area contributed by atoms with E-state index in [2.05, 4.69) is 5.10 Å². The van der Waals surface area contributed by atoms with E-state index in [0.717, 1.165) is 47.6 Å². The quantitative estimate of drug-likeness (QED) is 0.760. The van der Waals surface area contributed by atoms with Crippen LogP contribution in [-0.4, -0.2) is 28.8 Å². The van der Waals surface area contributed by atoms with Crippen molar-refractivity contribution in [2.75, 3.05) is 13.2 Å². The SMILES string of the molecule is Cn1ncc2c1CCC(=Cc1cccc3c1OCCCO3)C2=O. The summed E-state index contributed by atoms with van der Waals surface area (Å²) in [5.41, 5.74) is 3.43. The zero-order valence-corrected chi connectivity index (χ0v) is 13.0. The van der Waals surface area contributed by atoms with Crippen LogP contribution in [0.1, 0.15) is 34.5 Å². The van der Waals surface area contributed by atoms with E-state index >= 15 is 0 Å². The van der Waals surface area contributed by atoms with Gasteiger partial charge in [-0.15, -0.1) is 0 Å². The Balaban J connectivity index is 1.73. The smallest absolute Gasteiger partial charge is 0.192 e. The first-order chi connectivity index (χ1) is 11.2. The minimum absolute atomic E-state index is 0.0616. The van der Waals surface area contributed by atoms with Crippen molar-refractivity contribution in [3.63, 3.8) is 0 Å². The van der Waals surface area contributed by atoms with Gasteiger partial charge in [0.2, 0.25) is 0 Å². The number of ether oxygens (including phenoxy) is 2. The summed E-state index contributed by atoms with van der Waals surface area (Å²) < 4.78 is 13.3. The van der Waals surface area contributed by atoms with Gasteiger partial charge >= 0.3 is 0 Å². The summed E-state index contributed by atoms with van der Waals surface area (Å²) in [4.78, 5) is 12.7. The van der Waals surface area contributed by atoms with E-state index in [1.807, 2.05) is 31.3 Å². The molecular weight excluding hydrogens is 292 g/mol. The van der Waals surface area contributed by atoms with Crippen molar-refractivity contribution in [1.29, 1.82) is 0 Å². The molecule has 1 aromatic heterocycles. The van der Waals surface area contributed by atoms with Gasteiger partial charge in [0.05, 0.1) is 25.0 Å². The van der Waals surface area contributed by atoms with Crippen LogP contribution in [0.4, 0.5) is 0 Å². The van der Waals surface area contributed by atoms with Crippen LogP contribution in [0.3, 0.4) is 0 Å². The highest BCUT2D eigenvalue weighted by molar-refractivity contribution is 6.13. The fourth-order valence-electron chi connectivity index (χ4n) is 3.14. The zero-order valence-electron chi connectivity index (χ0n) is 13.0. The van der Waals surface area contributed by atoms with Crippen molar-refractivity contribution in [3.05, 3.63) is 46.8 Å². The Morgan fingerprint density at radius 2 is 2.09 bits per heavy atom. The van der Waals surface area contributed by atoms with Crippen LogP contribution in [-0.2, 0) is 13.5 Å². The monoisotopic (exact) mass is 310 g/mol. The molecule has 0 N–H and O–H groups in total. The van der Waals surface area contributed by atoms with E-state index in [-0.39, 0.29) is 5.78 Å².